The third-order valence-electron chi connectivity index (χ3n) is 5.67. The summed E-state index contributed by atoms with van der Waals surface area (Å²) in [6.45, 7) is 3.95. The largest absolute Gasteiger partial charge is 0.548 e. The van der Waals surface area contributed by atoms with Crippen LogP contribution < -0.4 is 15.3 Å². The highest BCUT2D eigenvalue weighted by atomic mass is 19.1. The lowest BCUT2D eigenvalue weighted by Gasteiger charge is -2.32. The molecule has 1 N–H and O–H groups in total. The minimum Gasteiger partial charge on any atom is -0.548 e. The number of hydrogen-bond donors (Lipinski definition) is 1. The van der Waals surface area contributed by atoms with Crippen molar-refractivity contribution in [3.05, 3.63) is 30.1 Å². The summed E-state index contributed by atoms with van der Waals surface area (Å²) in [5, 5.41) is 14.0. The zero-order valence-corrected chi connectivity index (χ0v) is 17.0. The number of halogens is 1. The number of carbonyl (C=O) groups is 4. The van der Waals surface area contributed by atoms with Crippen molar-refractivity contribution in [3.8, 4) is 0 Å². The van der Waals surface area contributed by atoms with Gasteiger partial charge in [-0.15, -0.1) is 0 Å². The van der Waals surface area contributed by atoms with Crippen LogP contribution in [0.15, 0.2) is 24.3 Å². The molecule has 3 rings (SSSR count). The summed E-state index contributed by atoms with van der Waals surface area (Å²) in [7, 11) is 0. The topological polar surface area (TPSA) is 110 Å². The number of carboxylic acid groups (broad SMARTS) is 1. The lowest BCUT2D eigenvalue weighted by Crippen LogP contribution is -2.56. The lowest BCUT2D eigenvalue weighted by atomic mass is 10.00. The second kappa shape index (κ2) is 8.81. The monoisotopic (exact) mass is 418 g/mol. The molecule has 9 heteroatoms. The first kappa shape index (κ1) is 21.7. The van der Waals surface area contributed by atoms with Gasteiger partial charge in [-0.1, -0.05) is 13.8 Å². The van der Waals surface area contributed by atoms with Gasteiger partial charge in [0.15, 0.2) is 0 Å². The van der Waals surface area contributed by atoms with Crippen LogP contribution >= 0.6 is 0 Å². The fourth-order valence-corrected chi connectivity index (χ4v) is 3.99. The Kier molecular flexibility index (Phi) is 6.38. The second-order valence-corrected chi connectivity index (χ2v) is 8.12. The molecule has 0 bridgehead atoms. The van der Waals surface area contributed by atoms with Gasteiger partial charge in [-0.2, -0.15) is 0 Å². The second-order valence-electron chi connectivity index (χ2n) is 8.12. The fourth-order valence-electron chi connectivity index (χ4n) is 3.99. The molecule has 0 radical (unpaired) electrons. The number of nitrogens with one attached hydrogen (secondary N) is 1. The molecule has 8 nitrogen and oxygen atoms in total. The maximum Gasteiger partial charge on any atom is 0.245 e. The Hall–Kier alpha value is -2.97. The number of hydrogen-bond acceptors (Lipinski definition) is 5. The Morgan fingerprint density at radius 1 is 1.20 bits per heavy atom. The van der Waals surface area contributed by atoms with Crippen molar-refractivity contribution in [2.75, 3.05) is 18.0 Å². The average molecular weight is 418 g/mol. The zero-order valence-electron chi connectivity index (χ0n) is 17.0. The van der Waals surface area contributed by atoms with Crippen LogP contribution in [0, 0.1) is 17.7 Å². The van der Waals surface area contributed by atoms with E-state index in [1.165, 1.54) is 34.1 Å². The molecule has 0 saturated carbocycles. The van der Waals surface area contributed by atoms with Crippen molar-refractivity contribution < 1.29 is 28.7 Å². The van der Waals surface area contributed by atoms with Gasteiger partial charge in [0.25, 0.3) is 0 Å². The number of amides is 3. The number of anilines is 1. The molecule has 30 heavy (non-hydrogen) atoms. The maximum atomic E-state index is 13.1. The number of aliphatic carboxylic acids is 1. The van der Waals surface area contributed by atoms with E-state index in [2.05, 4.69) is 5.32 Å². The Labute approximate surface area is 174 Å². The predicted molar refractivity (Wildman–Crippen MR) is 103 cm³/mol. The van der Waals surface area contributed by atoms with Crippen molar-refractivity contribution >= 4 is 29.4 Å². The normalized spacial score (nSPS) is 22.5. The molecule has 2 fully saturated rings. The van der Waals surface area contributed by atoms with E-state index in [9.17, 15) is 28.7 Å². The summed E-state index contributed by atoms with van der Waals surface area (Å²) in [4.78, 5) is 52.1. The standard InChI is InChI=1S/C21H26FN3O5/c1-12(2)18(20(28)24-9-3-4-16(24)21(29)30)23-19(27)13-10-17(26)25(11-13)15-7-5-14(22)6-8-15/h5-8,12-13,16,18H,3-4,9-11H2,1-2H3,(H,23,27)(H,29,30)/p-1/t13-,16+,18-/m0/s1. The molecule has 0 aromatic heterocycles. The van der Waals surface area contributed by atoms with Crippen molar-refractivity contribution in [2.45, 2.75) is 45.2 Å². The van der Waals surface area contributed by atoms with E-state index in [4.69, 9.17) is 0 Å². The maximum absolute atomic E-state index is 13.1. The SMILES string of the molecule is CC(C)[C@H](NC(=O)[C@H]1CC(=O)N(c2ccc(F)cc2)C1)C(=O)N1CCC[C@@H]1C(=O)[O-]. The Bertz CT molecular complexity index is 842. The summed E-state index contributed by atoms with van der Waals surface area (Å²) < 4.78 is 13.1. The zero-order chi connectivity index (χ0) is 22.0. The molecule has 3 atom stereocenters. The Morgan fingerprint density at radius 2 is 1.87 bits per heavy atom. The summed E-state index contributed by atoms with van der Waals surface area (Å²) in [6, 6.07) is 3.55. The van der Waals surface area contributed by atoms with E-state index in [1.54, 1.807) is 13.8 Å². The highest BCUT2D eigenvalue weighted by Crippen LogP contribution is 2.26. The first-order valence-electron chi connectivity index (χ1n) is 10.1. The smallest absolute Gasteiger partial charge is 0.245 e. The van der Waals surface area contributed by atoms with Crippen LogP contribution in [-0.4, -0.2) is 53.8 Å². The van der Waals surface area contributed by atoms with E-state index in [0.717, 1.165) is 0 Å². The number of benzene rings is 1. The van der Waals surface area contributed by atoms with E-state index in [-0.39, 0.29) is 24.8 Å². The highest BCUT2D eigenvalue weighted by Gasteiger charge is 2.39. The van der Waals surface area contributed by atoms with Gasteiger partial charge in [0.1, 0.15) is 11.9 Å². The predicted octanol–water partition coefficient (Wildman–Crippen LogP) is 0.0603. The van der Waals surface area contributed by atoms with E-state index >= 15 is 0 Å². The summed E-state index contributed by atoms with van der Waals surface area (Å²) in [5.41, 5.74) is 0.502. The molecule has 2 heterocycles. The van der Waals surface area contributed by atoms with Crippen molar-refractivity contribution in [3.63, 3.8) is 0 Å². The molecule has 0 unspecified atom stereocenters. The number of nitrogens with zero attached hydrogens (tertiary/aromatic N) is 2. The minimum absolute atomic E-state index is 0.0202. The summed E-state index contributed by atoms with van der Waals surface area (Å²) in [6.07, 6.45) is 0.872. The van der Waals surface area contributed by atoms with E-state index in [0.29, 0.717) is 25.1 Å². The van der Waals surface area contributed by atoms with Gasteiger partial charge in [0, 0.05) is 25.2 Å². The molecule has 1 aromatic rings. The molecule has 2 aliphatic rings. The first-order valence-corrected chi connectivity index (χ1v) is 10.1. The lowest BCUT2D eigenvalue weighted by molar-refractivity contribution is -0.310. The third-order valence-corrected chi connectivity index (χ3v) is 5.67. The van der Waals surface area contributed by atoms with Crippen LogP contribution in [0.2, 0.25) is 0 Å². The van der Waals surface area contributed by atoms with Gasteiger partial charge < -0.3 is 25.0 Å². The molecule has 0 aliphatic carbocycles. The molecule has 2 aliphatic heterocycles. The molecule has 3 amide bonds. The highest BCUT2D eigenvalue weighted by molar-refractivity contribution is 6.01. The van der Waals surface area contributed by atoms with Crippen molar-refractivity contribution in [1.29, 1.82) is 0 Å². The van der Waals surface area contributed by atoms with Crippen LogP contribution in [0.5, 0.6) is 0 Å². The Balaban J connectivity index is 1.68. The molecule has 2 saturated heterocycles. The van der Waals surface area contributed by atoms with E-state index < -0.39 is 41.6 Å². The summed E-state index contributed by atoms with van der Waals surface area (Å²) >= 11 is 0. The van der Waals surface area contributed by atoms with E-state index in [1.807, 2.05) is 0 Å². The van der Waals surface area contributed by atoms with Gasteiger partial charge in [-0.25, -0.2) is 4.39 Å². The fraction of sp³-hybridized carbons (Fsp3) is 0.524. The number of carbonyl (C=O) groups excluding carboxylic acids is 4. The van der Waals surface area contributed by atoms with Crippen LogP contribution in [-0.2, 0) is 19.2 Å². The number of rotatable bonds is 6. The average Bonchev–Trinajstić information content (AvgIpc) is 3.33. The number of likely N-dealkylation sites (tertiary alicyclic amines) is 1. The van der Waals surface area contributed by atoms with Gasteiger partial charge in [0.2, 0.25) is 17.7 Å². The Morgan fingerprint density at radius 3 is 2.47 bits per heavy atom. The van der Waals surface area contributed by atoms with Crippen molar-refractivity contribution in [1.82, 2.24) is 10.2 Å². The molecular weight excluding hydrogens is 393 g/mol. The third kappa shape index (κ3) is 4.44. The molecule has 162 valence electrons. The first-order chi connectivity index (χ1) is 14.2. The van der Waals surface area contributed by atoms with Gasteiger partial charge in [0.05, 0.1) is 17.9 Å². The van der Waals surface area contributed by atoms with Crippen LogP contribution in [0.4, 0.5) is 10.1 Å². The van der Waals surface area contributed by atoms with Gasteiger partial charge in [-0.05, 0) is 43.0 Å². The van der Waals surface area contributed by atoms with Crippen LogP contribution in [0.3, 0.4) is 0 Å². The number of carboxylic acids is 1. The molecule has 1 aromatic carbocycles. The van der Waals surface area contributed by atoms with Gasteiger partial charge in [-0.3, -0.25) is 14.4 Å². The van der Waals surface area contributed by atoms with Crippen LogP contribution in [0.25, 0.3) is 0 Å². The quantitative estimate of drug-likeness (QED) is 0.703. The van der Waals surface area contributed by atoms with Gasteiger partial charge >= 0.3 is 0 Å². The molecule has 0 spiro atoms. The molecular formula is C21H25FN3O5-. The minimum atomic E-state index is -1.30. The summed E-state index contributed by atoms with van der Waals surface area (Å²) in [5.74, 6) is -3.80. The van der Waals surface area contributed by atoms with Crippen LogP contribution in [0.1, 0.15) is 33.1 Å². The van der Waals surface area contributed by atoms with Crippen molar-refractivity contribution in [2.24, 2.45) is 11.8 Å².